The van der Waals surface area contributed by atoms with Crippen molar-refractivity contribution in [3.8, 4) is 11.1 Å². The molecular formula is C17H17N3OS2. The van der Waals surface area contributed by atoms with Crippen LogP contribution in [-0.4, -0.2) is 38.8 Å². The van der Waals surface area contributed by atoms with Crippen LogP contribution in [0.2, 0.25) is 0 Å². The zero-order valence-electron chi connectivity index (χ0n) is 12.9. The molecule has 0 atom stereocenters. The normalized spacial score (nSPS) is 16.1. The molecule has 2 aromatic heterocycles. The van der Waals surface area contributed by atoms with Crippen molar-refractivity contribution in [3.05, 3.63) is 41.5 Å². The first-order chi connectivity index (χ1) is 11.2. The molecule has 23 heavy (non-hydrogen) atoms. The van der Waals surface area contributed by atoms with Crippen molar-refractivity contribution in [2.24, 2.45) is 0 Å². The third-order valence-electron chi connectivity index (χ3n) is 4.19. The molecule has 1 fully saturated rings. The van der Waals surface area contributed by atoms with Gasteiger partial charge in [0.25, 0.3) is 0 Å². The highest BCUT2D eigenvalue weighted by Crippen LogP contribution is 2.38. The summed E-state index contributed by atoms with van der Waals surface area (Å²) in [6.07, 6.45) is 1.64. The minimum atomic E-state index is -0.685. The molecule has 1 saturated heterocycles. The number of aryl methyl sites for hydroxylation is 1. The molecule has 0 saturated carbocycles. The van der Waals surface area contributed by atoms with E-state index in [0.29, 0.717) is 0 Å². The summed E-state index contributed by atoms with van der Waals surface area (Å²) in [5.74, 6) is 2.41. The lowest BCUT2D eigenvalue weighted by atomic mass is 10.0. The highest BCUT2D eigenvalue weighted by atomic mass is 32.2. The van der Waals surface area contributed by atoms with E-state index < -0.39 is 10.8 Å². The van der Waals surface area contributed by atoms with Gasteiger partial charge in [0.1, 0.15) is 17.0 Å². The molecule has 0 bridgehead atoms. The summed E-state index contributed by atoms with van der Waals surface area (Å²) in [6, 6.07) is 8.57. The Morgan fingerprint density at radius 3 is 2.61 bits per heavy atom. The molecule has 0 amide bonds. The fourth-order valence-electron chi connectivity index (χ4n) is 2.89. The number of fused-ring (bicyclic) bond motifs is 1. The maximum absolute atomic E-state index is 11.6. The number of hydrogen-bond donors (Lipinski definition) is 0. The topological polar surface area (TPSA) is 46.1 Å². The predicted molar refractivity (Wildman–Crippen MR) is 97.7 cm³/mol. The summed E-state index contributed by atoms with van der Waals surface area (Å²) in [4.78, 5) is 12.2. The summed E-state index contributed by atoms with van der Waals surface area (Å²) >= 11 is 1.65. The number of aromatic nitrogens is 2. The van der Waals surface area contributed by atoms with E-state index in [1.807, 2.05) is 0 Å². The van der Waals surface area contributed by atoms with Gasteiger partial charge in [-0.2, -0.15) is 0 Å². The largest absolute Gasteiger partial charge is 0.354 e. The quantitative estimate of drug-likeness (QED) is 0.717. The number of rotatable bonds is 2. The zero-order valence-corrected chi connectivity index (χ0v) is 14.5. The molecule has 6 heteroatoms. The number of thiophene rings is 1. The van der Waals surface area contributed by atoms with Crippen LogP contribution in [0.15, 0.2) is 36.0 Å². The van der Waals surface area contributed by atoms with E-state index >= 15 is 0 Å². The van der Waals surface area contributed by atoms with E-state index in [9.17, 15) is 4.21 Å². The summed E-state index contributed by atoms with van der Waals surface area (Å²) < 4.78 is 11.6. The van der Waals surface area contributed by atoms with Crippen LogP contribution >= 0.6 is 11.3 Å². The average molecular weight is 343 g/mol. The van der Waals surface area contributed by atoms with Crippen LogP contribution in [-0.2, 0) is 10.8 Å². The molecule has 1 aliphatic heterocycles. The van der Waals surface area contributed by atoms with Crippen LogP contribution < -0.4 is 4.90 Å². The second kappa shape index (κ2) is 6.02. The third kappa shape index (κ3) is 2.77. The fourth-order valence-corrected chi connectivity index (χ4v) is 4.86. The predicted octanol–water partition coefficient (Wildman–Crippen LogP) is 3.24. The van der Waals surface area contributed by atoms with E-state index in [1.165, 1.54) is 16.7 Å². The lowest BCUT2D eigenvalue weighted by molar-refractivity contribution is 0.672. The molecule has 1 aliphatic rings. The van der Waals surface area contributed by atoms with E-state index in [-0.39, 0.29) is 0 Å². The summed E-state index contributed by atoms with van der Waals surface area (Å²) in [5, 5.41) is 3.28. The van der Waals surface area contributed by atoms with Crippen LogP contribution in [0.4, 0.5) is 5.82 Å². The molecule has 3 heterocycles. The zero-order chi connectivity index (χ0) is 15.8. The van der Waals surface area contributed by atoms with Gasteiger partial charge in [-0.3, -0.25) is 4.21 Å². The maximum atomic E-state index is 11.6. The summed E-state index contributed by atoms with van der Waals surface area (Å²) in [6.45, 7) is 3.68. The first-order valence-electron chi connectivity index (χ1n) is 7.61. The van der Waals surface area contributed by atoms with E-state index in [4.69, 9.17) is 0 Å². The van der Waals surface area contributed by atoms with Gasteiger partial charge in [0.15, 0.2) is 0 Å². The van der Waals surface area contributed by atoms with Crippen molar-refractivity contribution in [1.82, 2.24) is 9.97 Å². The number of benzene rings is 1. The molecule has 0 N–H and O–H groups in total. The molecule has 1 aromatic carbocycles. The van der Waals surface area contributed by atoms with Crippen LogP contribution in [0.25, 0.3) is 21.3 Å². The van der Waals surface area contributed by atoms with Gasteiger partial charge in [0.2, 0.25) is 0 Å². The SMILES string of the molecule is Cc1ccc(-c2csc3ncnc(N4CCS(=O)CC4)c23)cc1. The van der Waals surface area contributed by atoms with Gasteiger partial charge in [-0.1, -0.05) is 29.8 Å². The Bertz CT molecular complexity index is 863. The minimum absolute atomic E-state index is 0.685. The highest BCUT2D eigenvalue weighted by Gasteiger charge is 2.21. The van der Waals surface area contributed by atoms with E-state index in [0.717, 1.165) is 40.6 Å². The van der Waals surface area contributed by atoms with Crippen molar-refractivity contribution in [1.29, 1.82) is 0 Å². The minimum Gasteiger partial charge on any atom is -0.354 e. The van der Waals surface area contributed by atoms with E-state index in [2.05, 4.69) is 51.4 Å². The Morgan fingerprint density at radius 2 is 1.87 bits per heavy atom. The second-order valence-electron chi connectivity index (χ2n) is 5.73. The summed E-state index contributed by atoms with van der Waals surface area (Å²) in [5.41, 5.74) is 3.63. The second-order valence-corrected chi connectivity index (χ2v) is 8.28. The monoisotopic (exact) mass is 343 g/mol. The molecule has 4 rings (SSSR count). The molecule has 0 aliphatic carbocycles. The maximum Gasteiger partial charge on any atom is 0.141 e. The Kier molecular flexibility index (Phi) is 3.87. The molecule has 4 nitrogen and oxygen atoms in total. The van der Waals surface area contributed by atoms with Crippen LogP contribution in [0.3, 0.4) is 0 Å². The lowest BCUT2D eigenvalue weighted by Gasteiger charge is -2.28. The Hall–Kier alpha value is -1.79. The van der Waals surface area contributed by atoms with Gasteiger partial charge in [-0.05, 0) is 12.5 Å². The van der Waals surface area contributed by atoms with Gasteiger partial charge < -0.3 is 4.90 Å². The first kappa shape index (κ1) is 14.8. The van der Waals surface area contributed by atoms with Crippen molar-refractivity contribution in [3.63, 3.8) is 0 Å². The smallest absolute Gasteiger partial charge is 0.141 e. The molecule has 0 spiro atoms. The first-order valence-corrected chi connectivity index (χ1v) is 9.98. The Balaban J connectivity index is 1.83. The fraction of sp³-hybridized carbons (Fsp3) is 0.294. The lowest BCUT2D eigenvalue weighted by Crippen LogP contribution is -2.38. The molecule has 0 radical (unpaired) electrons. The third-order valence-corrected chi connectivity index (χ3v) is 6.35. The van der Waals surface area contributed by atoms with Crippen molar-refractivity contribution in [2.45, 2.75) is 6.92 Å². The van der Waals surface area contributed by atoms with Crippen LogP contribution in [0.5, 0.6) is 0 Å². The van der Waals surface area contributed by atoms with Gasteiger partial charge >= 0.3 is 0 Å². The van der Waals surface area contributed by atoms with Crippen LogP contribution in [0, 0.1) is 6.92 Å². The van der Waals surface area contributed by atoms with Gasteiger partial charge in [0.05, 0.1) is 5.39 Å². The average Bonchev–Trinajstić information content (AvgIpc) is 3.00. The highest BCUT2D eigenvalue weighted by molar-refractivity contribution is 7.85. The Labute approximate surface area is 141 Å². The van der Waals surface area contributed by atoms with Gasteiger partial charge in [0, 0.05) is 46.3 Å². The van der Waals surface area contributed by atoms with E-state index in [1.54, 1.807) is 17.7 Å². The molecule has 3 aromatic rings. The van der Waals surface area contributed by atoms with Crippen molar-refractivity contribution in [2.75, 3.05) is 29.5 Å². The Morgan fingerprint density at radius 1 is 1.13 bits per heavy atom. The number of anilines is 1. The molecule has 118 valence electrons. The van der Waals surface area contributed by atoms with Gasteiger partial charge in [-0.25, -0.2) is 9.97 Å². The van der Waals surface area contributed by atoms with Gasteiger partial charge in [-0.15, -0.1) is 11.3 Å². The standard InChI is InChI=1S/C17H17N3OS2/c1-12-2-4-13(5-3-12)14-10-22-17-15(14)16(18-11-19-17)20-6-8-23(21)9-7-20/h2-5,10-11H,6-9H2,1H3. The molecule has 0 unspecified atom stereocenters. The number of nitrogens with zero attached hydrogens (tertiary/aromatic N) is 3. The molecular weight excluding hydrogens is 326 g/mol. The summed E-state index contributed by atoms with van der Waals surface area (Å²) in [7, 11) is -0.685. The van der Waals surface area contributed by atoms with Crippen LogP contribution in [0.1, 0.15) is 5.56 Å². The van der Waals surface area contributed by atoms with Crippen molar-refractivity contribution < 1.29 is 4.21 Å². The van der Waals surface area contributed by atoms with Crippen molar-refractivity contribution >= 4 is 38.2 Å². The number of hydrogen-bond acceptors (Lipinski definition) is 5.